The number of halogens is 1. The van der Waals surface area contributed by atoms with Crippen molar-refractivity contribution in [2.75, 3.05) is 5.32 Å². The zero-order chi connectivity index (χ0) is 12.4. The molecule has 6 heteroatoms. The van der Waals surface area contributed by atoms with E-state index in [1.807, 2.05) is 0 Å². The smallest absolute Gasteiger partial charge is 0.321 e. The van der Waals surface area contributed by atoms with Crippen LogP contribution in [0.4, 0.5) is 5.69 Å². The number of hydrogen-bond acceptors (Lipinski definition) is 2. The van der Waals surface area contributed by atoms with E-state index in [9.17, 15) is 9.59 Å². The van der Waals surface area contributed by atoms with Crippen molar-refractivity contribution in [2.45, 2.75) is 6.92 Å². The molecular formula is C11H10ClN3O2. The maximum Gasteiger partial charge on any atom is 0.323 e. The SMILES string of the molecule is Cc1[nH]c(=O)[nH]c1C(=O)Nc1cccc(Cl)c1. The van der Waals surface area contributed by atoms with Crippen LogP contribution < -0.4 is 11.0 Å². The summed E-state index contributed by atoms with van der Waals surface area (Å²) in [5, 5.41) is 3.17. The summed E-state index contributed by atoms with van der Waals surface area (Å²) in [4.78, 5) is 27.7. The summed E-state index contributed by atoms with van der Waals surface area (Å²) in [6, 6.07) is 6.77. The molecule has 0 fully saturated rings. The Kier molecular flexibility index (Phi) is 3.01. The number of amides is 1. The van der Waals surface area contributed by atoms with Crippen molar-refractivity contribution in [3.63, 3.8) is 0 Å². The van der Waals surface area contributed by atoms with Crippen LogP contribution >= 0.6 is 11.6 Å². The Bertz CT molecular complexity index is 615. The maximum atomic E-state index is 11.8. The number of nitrogens with one attached hydrogen (secondary N) is 3. The summed E-state index contributed by atoms with van der Waals surface area (Å²) in [6.45, 7) is 1.64. The predicted molar refractivity (Wildman–Crippen MR) is 65.6 cm³/mol. The van der Waals surface area contributed by atoms with Gasteiger partial charge in [-0.3, -0.25) is 4.79 Å². The van der Waals surface area contributed by atoms with Gasteiger partial charge in [-0.2, -0.15) is 0 Å². The second-order valence-corrected chi connectivity index (χ2v) is 3.98. The van der Waals surface area contributed by atoms with Crippen LogP contribution in [0.3, 0.4) is 0 Å². The molecule has 1 amide bonds. The van der Waals surface area contributed by atoms with Crippen LogP contribution in [-0.2, 0) is 0 Å². The topological polar surface area (TPSA) is 77.8 Å². The first-order valence-electron chi connectivity index (χ1n) is 4.92. The normalized spacial score (nSPS) is 10.2. The molecule has 0 spiro atoms. The summed E-state index contributed by atoms with van der Waals surface area (Å²) < 4.78 is 0. The Hall–Kier alpha value is -2.01. The van der Waals surface area contributed by atoms with Crippen molar-refractivity contribution in [1.82, 2.24) is 9.97 Å². The Morgan fingerprint density at radius 1 is 1.35 bits per heavy atom. The van der Waals surface area contributed by atoms with Gasteiger partial charge in [0.25, 0.3) is 5.91 Å². The number of hydrogen-bond donors (Lipinski definition) is 3. The number of rotatable bonds is 2. The van der Waals surface area contributed by atoms with Crippen molar-refractivity contribution in [3.05, 3.63) is 51.2 Å². The first-order chi connectivity index (χ1) is 8.06. The fraction of sp³-hybridized carbons (Fsp3) is 0.0909. The molecule has 2 aromatic rings. The molecular weight excluding hydrogens is 242 g/mol. The van der Waals surface area contributed by atoms with E-state index in [0.29, 0.717) is 16.4 Å². The second kappa shape index (κ2) is 4.47. The Morgan fingerprint density at radius 2 is 2.12 bits per heavy atom. The standard InChI is InChI=1S/C11H10ClN3O2/c1-6-9(15-11(17)13-6)10(16)14-8-4-2-3-7(12)5-8/h2-5H,1H3,(H,14,16)(H2,13,15,17). The van der Waals surface area contributed by atoms with E-state index in [0.717, 1.165) is 0 Å². The summed E-state index contributed by atoms with van der Waals surface area (Å²) in [5.74, 6) is -0.386. The third-order valence-corrected chi connectivity index (χ3v) is 2.46. The number of benzene rings is 1. The third-order valence-electron chi connectivity index (χ3n) is 2.22. The van der Waals surface area contributed by atoms with Crippen molar-refractivity contribution < 1.29 is 4.79 Å². The lowest BCUT2D eigenvalue weighted by atomic mass is 10.3. The fourth-order valence-corrected chi connectivity index (χ4v) is 1.65. The van der Waals surface area contributed by atoms with Gasteiger partial charge in [-0.05, 0) is 25.1 Å². The van der Waals surface area contributed by atoms with Crippen molar-refractivity contribution in [3.8, 4) is 0 Å². The lowest BCUT2D eigenvalue weighted by Gasteiger charge is -2.04. The van der Waals surface area contributed by atoms with Crippen LogP contribution in [0.15, 0.2) is 29.1 Å². The molecule has 0 aliphatic heterocycles. The predicted octanol–water partition coefficient (Wildman–Crippen LogP) is 1.92. The van der Waals surface area contributed by atoms with Gasteiger partial charge >= 0.3 is 5.69 Å². The number of carbonyl (C=O) groups excluding carboxylic acids is 1. The van der Waals surface area contributed by atoms with Gasteiger partial charge in [-0.1, -0.05) is 17.7 Å². The average Bonchev–Trinajstić information content (AvgIpc) is 2.58. The monoisotopic (exact) mass is 251 g/mol. The van der Waals surface area contributed by atoms with Crippen molar-refractivity contribution >= 4 is 23.2 Å². The number of aromatic amines is 2. The maximum absolute atomic E-state index is 11.8. The van der Waals surface area contributed by atoms with E-state index in [-0.39, 0.29) is 11.6 Å². The van der Waals surface area contributed by atoms with E-state index < -0.39 is 5.69 Å². The van der Waals surface area contributed by atoms with Crippen molar-refractivity contribution in [1.29, 1.82) is 0 Å². The Balaban J connectivity index is 2.23. The van der Waals surface area contributed by atoms with Crippen LogP contribution in [0.1, 0.15) is 16.2 Å². The zero-order valence-corrected chi connectivity index (χ0v) is 9.76. The van der Waals surface area contributed by atoms with Crippen LogP contribution in [-0.4, -0.2) is 15.9 Å². The molecule has 1 aromatic heterocycles. The quantitative estimate of drug-likeness (QED) is 0.763. The van der Waals surface area contributed by atoms with E-state index in [1.165, 1.54) is 0 Å². The molecule has 0 saturated heterocycles. The first kappa shape index (κ1) is 11.5. The highest BCUT2D eigenvalue weighted by Gasteiger charge is 2.12. The van der Waals surface area contributed by atoms with Gasteiger partial charge in [0.05, 0.1) is 0 Å². The summed E-state index contributed by atoms with van der Waals surface area (Å²) >= 11 is 5.79. The lowest BCUT2D eigenvalue weighted by Crippen LogP contribution is -2.14. The van der Waals surface area contributed by atoms with Gasteiger partial charge in [-0.15, -0.1) is 0 Å². The van der Waals surface area contributed by atoms with Gasteiger partial charge in [-0.25, -0.2) is 4.79 Å². The van der Waals surface area contributed by atoms with Crippen LogP contribution in [0.2, 0.25) is 5.02 Å². The molecule has 0 unspecified atom stereocenters. The second-order valence-electron chi connectivity index (χ2n) is 3.54. The molecule has 0 bridgehead atoms. The summed E-state index contributed by atoms with van der Waals surface area (Å²) in [6.07, 6.45) is 0. The minimum absolute atomic E-state index is 0.218. The number of anilines is 1. The Morgan fingerprint density at radius 3 is 2.71 bits per heavy atom. The minimum atomic E-state index is -0.404. The number of aromatic nitrogens is 2. The van der Waals surface area contributed by atoms with Crippen LogP contribution in [0, 0.1) is 6.92 Å². The highest BCUT2D eigenvalue weighted by molar-refractivity contribution is 6.30. The molecule has 17 heavy (non-hydrogen) atoms. The highest BCUT2D eigenvalue weighted by atomic mass is 35.5. The molecule has 0 aliphatic rings. The number of H-pyrrole nitrogens is 2. The minimum Gasteiger partial charge on any atom is -0.321 e. The fourth-order valence-electron chi connectivity index (χ4n) is 1.46. The van der Waals surface area contributed by atoms with E-state index in [4.69, 9.17) is 11.6 Å². The summed E-state index contributed by atoms with van der Waals surface area (Å²) in [5.41, 5.74) is 0.882. The molecule has 0 radical (unpaired) electrons. The van der Waals surface area contributed by atoms with E-state index >= 15 is 0 Å². The van der Waals surface area contributed by atoms with Crippen LogP contribution in [0.5, 0.6) is 0 Å². The van der Waals surface area contributed by atoms with Crippen molar-refractivity contribution in [2.24, 2.45) is 0 Å². The highest BCUT2D eigenvalue weighted by Crippen LogP contribution is 2.15. The lowest BCUT2D eigenvalue weighted by molar-refractivity contribution is 0.102. The average molecular weight is 252 g/mol. The molecule has 88 valence electrons. The number of imidazole rings is 1. The number of aryl methyl sites for hydroxylation is 1. The molecule has 1 aromatic carbocycles. The van der Waals surface area contributed by atoms with E-state index in [1.54, 1.807) is 31.2 Å². The van der Waals surface area contributed by atoms with Gasteiger partial charge in [0.15, 0.2) is 0 Å². The van der Waals surface area contributed by atoms with Gasteiger partial charge in [0.1, 0.15) is 5.69 Å². The molecule has 2 rings (SSSR count). The summed E-state index contributed by atoms with van der Waals surface area (Å²) in [7, 11) is 0. The number of carbonyl (C=O) groups is 1. The van der Waals surface area contributed by atoms with Crippen LogP contribution in [0.25, 0.3) is 0 Å². The zero-order valence-electron chi connectivity index (χ0n) is 9.00. The molecule has 1 heterocycles. The van der Waals surface area contributed by atoms with E-state index in [2.05, 4.69) is 15.3 Å². The molecule has 0 saturated carbocycles. The largest absolute Gasteiger partial charge is 0.323 e. The Labute approximate surface area is 102 Å². The molecule has 0 atom stereocenters. The van der Waals surface area contributed by atoms with Gasteiger partial charge in [0.2, 0.25) is 0 Å². The molecule has 0 aliphatic carbocycles. The molecule has 5 nitrogen and oxygen atoms in total. The molecule has 3 N–H and O–H groups in total. The first-order valence-corrected chi connectivity index (χ1v) is 5.30. The van der Waals surface area contributed by atoms with Gasteiger partial charge < -0.3 is 15.3 Å². The third kappa shape index (κ3) is 2.57. The van der Waals surface area contributed by atoms with Gasteiger partial charge in [0, 0.05) is 16.4 Å².